The number of hydrogen-bond acceptors (Lipinski definition) is 3. The first-order valence-electron chi connectivity index (χ1n) is 9.66. The van der Waals surface area contributed by atoms with Gasteiger partial charge in [-0.05, 0) is 61.9 Å². The van der Waals surface area contributed by atoms with Crippen molar-refractivity contribution in [1.82, 2.24) is 0 Å². The summed E-state index contributed by atoms with van der Waals surface area (Å²) >= 11 is 5.96. The van der Waals surface area contributed by atoms with Crippen LogP contribution >= 0.6 is 11.6 Å². The minimum atomic E-state index is -0.642. The second-order valence-electron chi connectivity index (χ2n) is 6.86. The minimum Gasteiger partial charge on any atom is -0.481 e. The Balaban J connectivity index is 1.66. The zero-order chi connectivity index (χ0) is 21.5. The van der Waals surface area contributed by atoms with Crippen LogP contribution < -0.4 is 15.4 Å². The second kappa shape index (κ2) is 9.94. The van der Waals surface area contributed by atoms with Gasteiger partial charge in [-0.2, -0.15) is 0 Å². The lowest BCUT2D eigenvalue weighted by Crippen LogP contribution is -2.32. The molecule has 0 aromatic heterocycles. The van der Waals surface area contributed by atoms with Crippen molar-refractivity contribution in [1.29, 1.82) is 0 Å². The summed E-state index contributed by atoms with van der Waals surface area (Å²) in [5.74, 6) is 0.0686. The molecule has 1 atom stereocenters. The number of rotatable bonds is 7. The van der Waals surface area contributed by atoms with Crippen LogP contribution in [-0.4, -0.2) is 17.9 Å². The summed E-state index contributed by atoms with van der Waals surface area (Å²) in [6.07, 6.45) is -0.133. The molecule has 3 aromatic rings. The fourth-order valence-electron chi connectivity index (χ4n) is 2.83. The Kier molecular flexibility index (Phi) is 7.09. The molecule has 0 aliphatic carbocycles. The third kappa shape index (κ3) is 5.84. The van der Waals surface area contributed by atoms with Crippen molar-refractivity contribution in [3.8, 4) is 5.75 Å². The van der Waals surface area contributed by atoms with Gasteiger partial charge >= 0.3 is 0 Å². The van der Waals surface area contributed by atoms with Gasteiger partial charge in [-0.3, -0.25) is 9.59 Å². The van der Waals surface area contributed by atoms with E-state index < -0.39 is 6.10 Å². The lowest BCUT2D eigenvalue weighted by molar-refractivity contribution is -0.122. The zero-order valence-corrected chi connectivity index (χ0v) is 17.6. The molecular weight excluding hydrogens is 400 g/mol. The molecule has 0 saturated heterocycles. The first-order valence-corrected chi connectivity index (χ1v) is 10.0. The highest BCUT2D eigenvalue weighted by Gasteiger charge is 2.19. The molecule has 3 aromatic carbocycles. The Morgan fingerprint density at radius 2 is 1.60 bits per heavy atom. The monoisotopic (exact) mass is 422 g/mol. The maximum absolute atomic E-state index is 12.7. The Labute approximate surface area is 181 Å². The Morgan fingerprint density at radius 1 is 0.933 bits per heavy atom. The maximum atomic E-state index is 12.7. The predicted octanol–water partition coefficient (Wildman–Crippen LogP) is 5.70. The van der Waals surface area contributed by atoms with Crippen LogP contribution in [0.25, 0.3) is 0 Å². The summed E-state index contributed by atoms with van der Waals surface area (Å²) in [4.78, 5) is 25.2. The zero-order valence-electron chi connectivity index (χ0n) is 16.8. The molecule has 6 heteroatoms. The average Bonchev–Trinajstić information content (AvgIpc) is 2.73. The van der Waals surface area contributed by atoms with Gasteiger partial charge < -0.3 is 15.4 Å². The molecule has 30 heavy (non-hydrogen) atoms. The van der Waals surface area contributed by atoms with E-state index in [9.17, 15) is 9.59 Å². The van der Waals surface area contributed by atoms with Crippen molar-refractivity contribution in [2.75, 3.05) is 10.6 Å². The fourth-order valence-corrected chi connectivity index (χ4v) is 3.02. The van der Waals surface area contributed by atoms with Crippen LogP contribution in [0.1, 0.15) is 29.3 Å². The Morgan fingerprint density at radius 3 is 2.27 bits per heavy atom. The van der Waals surface area contributed by atoms with Gasteiger partial charge in [0.15, 0.2) is 6.10 Å². The van der Waals surface area contributed by atoms with Crippen molar-refractivity contribution in [2.24, 2.45) is 0 Å². The van der Waals surface area contributed by atoms with Crippen molar-refractivity contribution < 1.29 is 14.3 Å². The third-order valence-electron chi connectivity index (χ3n) is 4.44. The van der Waals surface area contributed by atoms with E-state index in [0.29, 0.717) is 34.1 Å². The highest BCUT2D eigenvalue weighted by Crippen LogP contribution is 2.19. The number of anilines is 2. The fraction of sp³-hybridized carbons (Fsp3) is 0.167. The Hall–Kier alpha value is -3.31. The second-order valence-corrected chi connectivity index (χ2v) is 7.30. The topological polar surface area (TPSA) is 67.4 Å². The molecular formula is C24H23ClN2O3. The maximum Gasteiger partial charge on any atom is 0.265 e. The van der Waals surface area contributed by atoms with Gasteiger partial charge in [-0.1, -0.05) is 48.4 Å². The molecule has 0 saturated carbocycles. The van der Waals surface area contributed by atoms with E-state index >= 15 is 0 Å². The number of benzene rings is 3. The van der Waals surface area contributed by atoms with Gasteiger partial charge in [-0.15, -0.1) is 0 Å². The first kappa shape index (κ1) is 21.4. The summed E-state index contributed by atoms with van der Waals surface area (Å²) in [5.41, 5.74) is 2.65. The molecule has 0 fully saturated rings. The minimum absolute atomic E-state index is 0.273. The van der Waals surface area contributed by atoms with Crippen LogP contribution in [0, 0.1) is 6.92 Å². The number of hydrogen-bond donors (Lipinski definition) is 2. The third-order valence-corrected chi connectivity index (χ3v) is 4.67. The van der Waals surface area contributed by atoms with Gasteiger partial charge in [0, 0.05) is 22.0 Å². The first-order chi connectivity index (χ1) is 14.4. The molecule has 2 N–H and O–H groups in total. The summed E-state index contributed by atoms with van der Waals surface area (Å²) < 4.78 is 5.82. The van der Waals surface area contributed by atoms with E-state index in [1.54, 1.807) is 48.5 Å². The summed E-state index contributed by atoms with van der Waals surface area (Å²) in [7, 11) is 0. The number of nitrogens with one attached hydrogen (secondary N) is 2. The summed E-state index contributed by atoms with van der Waals surface area (Å²) in [6.45, 7) is 3.87. The lowest BCUT2D eigenvalue weighted by Gasteiger charge is -2.17. The Bertz CT molecular complexity index is 1030. The van der Waals surface area contributed by atoms with Gasteiger partial charge in [-0.25, -0.2) is 0 Å². The molecule has 0 aliphatic heterocycles. The van der Waals surface area contributed by atoms with Crippen molar-refractivity contribution in [3.63, 3.8) is 0 Å². The predicted molar refractivity (Wildman–Crippen MR) is 120 cm³/mol. The van der Waals surface area contributed by atoms with Crippen LogP contribution in [-0.2, 0) is 4.79 Å². The highest BCUT2D eigenvalue weighted by atomic mass is 35.5. The molecule has 154 valence electrons. The number of halogens is 1. The van der Waals surface area contributed by atoms with Gasteiger partial charge in [0.1, 0.15) is 5.75 Å². The summed E-state index contributed by atoms with van der Waals surface area (Å²) in [6, 6.07) is 21.2. The molecule has 0 bridgehead atoms. The van der Waals surface area contributed by atoms with E-state index in [0.717, 1.165) is 5.56 Å². The molecule has 0 heterocycles. The smallest absolute Gasteiger partial charge is 0.265 e. The van der Waals surface area contributed by atoms with Gasteiger partial charge in [0.25, 0.3) is 11.8 Å². The van der Waals surface area contributed by atoms with Crippen LogP contribution in [0.15, 0.2) is 72.8 Å². The molecule has 0 spiro atoms. The van der Waals surface area contributed by atoms with Gasteiger partial charge in [0.2, 0.25) is 0 Å². The molecule has 0 radical (unpaired) electrons. The normalized spacial score (nSPS) is 11.4. The number of ether oxygens (including phenoxy) is 1. The van der Waals surface area contributed by atoms with E-state index in [4.69, 9.17) is 16.3 Å². The quantitative estimate of drug-likeness (QED) is 0.513. The van der Waals surface area contributed by atoms with Crippen molar-refractivity contribution in [3.05, 3.63) is 88.9 Å². The van der Waals surface area contributed by atoms with Gasteiger partial charge in [0.05, 0.1) is 0 Å². The molecule has 5 nitrogen and oxygen atoms in total. The van der Waals surface area contributed by atoms with E-state index in [2.05, 4.69) is 10.6 Å². The highest BCUT2D eigenvalue weighted by molar-refractivity contribution is 6.31. The standard InChI is InChI=1S/C24H23ClN2O3/c1-3-22(30-21-12-10-16(2)11-13-21)24(29)27-19-8-4-6-17(14-19)23(28)26-20-9-5-7-18(25)15-20/h4-15,22H,3H2,1-2H3,(H,26,28)(H,27,29). The van der Waals surface area contributed by atoms with E-state index in [-0.39, 0.29) is 11.8 Å². The average molecular weight is 423 g/mol. The van der Waals surface area contributed by atoms with Crippen molar-refractivity contribution in [2.45, 2.75) is 26.4 Å². The lowest BCUT2D eigenvalue weighted by atomic mass is 10.1. The molecule has 3 rings (SSSR count). The largest absolute Gasteiger partial charge is 0.481 e. The number of aryl methyl sites for hydroxylation is 1. The summed E-state index contributed by atoms with van der Waals surface area (Å²) in [5, 5.41) is 6.15. The van der Waals surface area contributed by atoms with Crippen molar-refractivity contribution >= 4 is 34.8 Å². The molecule has 0 aliphatic rings. The van der Waals surface area contributed by atoms with E-state index in [1.807, 2.05) is 38.1 Å². The molecule has 1 unspecified atom stereocenters. The van der Waals surface area contributed by atoms with Crippen LogP contribution in [0.5, 0.6) is 5.75 Å². The SMILES string of the molecule is CCC(Oc1ccc(C)cc1)C(=O)Nc1cccc(C(=O)Nc2cccc(Cl)c2)c1. The van der Waals surface area contributed by atoms with E-state index in [1.165, 1.54) is 0 Å². The van der Waals surface area contributed by atoms with Crippen LogP contribution in [0.2, 0.25) is 5.02 Å². The number of amides is 2. The number of carbonyl (C=O) groups excluding carboxylic acids is 2. The van der Waals surface area contributed by atoms with Crippen LogP contribution in [0.4, 0.5) is 11.4 Å². The molecule has 2 amide bonds. The van der Waals surface area contributed by atoms with Crippen LogP contribution in [0.3, 0.4) is 0 Å². The number of carbonyl (C=O) groups is 2.